The Kier molecular flexibility index (Phi) is 4.60. The summed E-state index contributed by atoms with van der Waals surface area (Å²) in [5.41, 5.74) is 0.0617. The molecule has 1 saturated carbocycles. The summed E-state index contributed by atoms with van der Waals surface area (Å²) in [5.74, 6) is 1.20. The van der Waals surface area contributed by atoms with Crippen LogP contribution in [0.4, 0.5) is 0 Å². The number of hydrogen-bond acceptors (Lipinski definition) is 7. The van der Waals surface area contributed by atoms with Crippen LogP contribution in [0.1, 0.15) is 48.8 Å². The summed E-state index contributed by atoms with van der Waals surface area (Å²) in [7, 11) is 0. The molecule has 1 saturated heterocycles. The van der Waals surface area contributed by atoms with Crippen LogP contribution in [-0.2, 0) is 10.2 Å². The highest BCUT2D eigenvalue weighted by molar-refractivity contribution is 5.94. The molecule has 28 heavy (non-hydrogen) atoms. The van der Waals surface area contributed by atoms with E-state index in [2.05, 4.69) is 25.7 Å². The highest BCUT2D eigenvalue weighted by Crippen LogP contribution is 2.50. The van der Waals surface area contributed by atoms with E-state index in [1.165, 1.54) is 12.4 Å². The van der Waals surface area contributed by atoms with Gasteiger partial charge in [-0.1, -0.05) is 19.0 Å². The fourth-order valence-corrected chi connectivity index (χ4v) is 4.54. The monoisotopic (exact) mass is 384 g/mol. The van der Waals surface area contributed by atoms with Crippen molar-refractivity contribution in [1.29, 1.82) is 0 Å². The number of amides is 2. The number of rotatable bonds is 4. The van der Waals surface area contributed by atoms with Crippen molar-refractivity contribution in [1.82, 2.24) is 30.6 Å². The zero-order valence-electron chi connectivity index (χ0n) is 16.3. The van der Waals surface area contributed by atoms with Gasteiger partial charge in [-0.25, -0.2) is 0 Å². The van der Waals surface area contributed by atoms with Crippen molar-refractivity contribution >= 4 is 11.8 Å². The zero-order valence-corrected chi connectivity index (χ0v) is 16.3. The summed E-state index contributed by atoms with van der Waals surface area (Å²) >= 11 is 0. The van der Waals surface area contributed by atoms with Crippen LogP contribution in [0.2, 0.25) is 0 Å². The Labute approximate surface area is 162 Å². The van der Waals surface area contributed by atoms with Gasteiger partial charge in [-0.05, 0) is 31.7 Å². The second kappa shape index (κ2) is 6.96. The highest BCUT2D eigenvalue weighted by atomic mass is 16.5. The van der Waals surface area contributed by atoms with Crippen molar-refractivity contribution in [2.24, 2.45) is 11.8 Å². The molecule has 1 aliphatic carbocycles. The zero-order chi connectivity index (χ0) is 19.9. The van der Waals surface area contributed by atoms with Crippen LogP contribution in [0.15, 0.2) is 23.0 Å². The molecule has 9 nitrogen and oxygen atoms in total. The fourth-order valence-electron chi connectivity index (χ4n) is 4.54. The molecule has 2 aromatic heterocycles. The number of nitrogens with zero attached hydrogens (tertiary/aromatic N) is 5. The van der Waals surface area contributed by atoms with Gasteiger partial charge in [0.05, 0.1) is 23.4 Å². The number of carbonyl (C=O) groups is 2. The van der Waals surface area contributed by atoms with Gasteiger partial charge in [0.15, 0.2) is 5.82 Å². The van der Waals surface area contributed by atoms with Crippen molar-refractivity contribution in [2.45, 2.75) is 45.1 Å². The average molecular weight is 384 g/mol. The van der Waals surface area contributed by atoms with E-state index in [-0.39, 0.29) is 29.7 Å². The van der Waals surface area contributed by atoms with E-state index in [9.17, 15) is 9.59 Å². The number of carbonyl (C=O) groups excluding carboxylic acids is 2. The van der Waals surface area contributed by atoms with Gasteiger partial charge in [0, 0.05) is 25.0 Å². The number of nitrogens with one attached hydrogen (secondary N) is 1. The van der Waals surface area contributed by atoms with Crippen molar-refractivity contribution in [3.05, 3.63) is 35.7 Å². The molecule has 2 aliphatic rings. The van der Waals surface area contributed by atoms with Gasteiger partial charge < -0.3 is 14.7 Å². The minimum atomic E-state index is -0.416. The molecule has 0 spiro atoms. The summed E-state index contributed by atoms with van der Waals surface area (Å²) in [4.78, 5) is 31.5. The lowest BCUT2D eigenvalue weighted by molar-refractivity contribution is -0.133. The van der Waals surface area contributed by atoms with Gasteiger partial charge in [0.2, 0.25) is 11.8 Å². The number of aryl methyl sites for hydroxylation is 1. The van der Waals surface area contributed by atoms with E-state index in [1.807, 2.05) is 18.7 Å². The van der Waals surface area contributed by atoms with E-state index < -0.39 is 5.41 Å². The van der Waals surface area contributed by atoms with Crippen LogP contribution in [0.5, 0.6) is 0 Å². The molecule has 2 aromatic rings. The molecule has 0 bridgehead atoms. The summed E-state index contributed by atoms with van der Waals surface area (Å²) < 4.78 is 5.55. The van der Waals surface area contributed by atoms with Crippen LogP contribution in [0.3, 0.4) is 0 Å². The Morgan fingerprint density at radius 3 is 2.82 bits per heavy atom. The Morgan fingerprint density at radius 2 is 2.18 bits per heavy atom. The van der Waals surface area contributed by atoms with Gasteiger partial charge >= 0.3 is 0 Å². The minimum absolute atomic E-state index is 0.0332. The molecule has 2 amide bonds. The maximum atomic E-state index is 12.6. The van der Waals surface area contributed by atoms with Gasteiger partial charge in [-0.2, -0.15) is 15.2 Å². The largest absolute Gasteiger partial charge is 0.349 e. The first-order valence-electron chi connectivity index (χ1n) is 9.56. The molecule has 148 valence electrons. The van der Waals surface area contributed by atoms with Gasteiger partial charge in [0.25, 0.3) is 5.91 Å². The van der Waals surface area contributed by atoms with Crippen LogP contribution in [0.25, 0.3) is 0 Å². The normalized spacial score (nSPS) is 26.5. The van der Waals surface area contributed by atoms with E-state index in [4.69, 9.17) is 4.52 Å². The summed E-state index contributed by atoms with van der Waals surface area (Å²) in [6.07, 6.45) is 4.36. The van der Waals surface area contributed by atoms with Gasteiger partial charge in [0.1, 0.15) is 0 Å². The second-order valence-corrected chi connectivity index (χ2v) is 8.11. The molecule has 1 aliphatic heterocycles. The first-order chi connectivity index (χ1) is 13.4. The van der Waals surface area contributed by atoms with Crippen molar-refractivity contribution in [2.75, 3.05) is 13.1 Å². The molecular formula is C19H24N6O3. The van der Waals surface area contributed by atoms with E-state index in [1.54, 1.807) is 13.0 Å². The minimum Gasteiger partial charge on any atom is -0.349 e. The van der Waals surface area contributed by atoms with Crippen LogP contribution >= 0.6 is 0 Å². The first kappa shape index (κ1) is 18.5. The first-order valence-corrected chi connectivity index (χ1v) is 9.56. The SMILES string of the molecule is Cc1noc([C@]23C[C@H](NC(=O)c4ccnnc4)CC2CN(C(=O)C(C)C)C3)n1. The third-order valence-corrected chi connectivity index (χ3v) is 5.82. The smallest absolute Gasteiger partial charge is 0.253 e. The third kappa shape index (κ3) is 3.14. The second-order valence-electron chi connectivity index (χ2n) is 8.11. The van der Waals surface area contributed by atoms with Gasteiger partial charge in [-0.3, -0.25) is 9.59 Å². The number of likely N-dealkylation sites (tertiary alicyclic amines) is 1. The Bertz CT molecular complexity index is 883. The Hall–Kier alpha value is -2.84. The molecule has 1 N–H and O–H groups in total. The lowest BCUT2D eigenvalue weighted by Crippen LogP contribution is -2.40. The maximum absolute atomic E-state index is 12.6. The van der Waals surface area contributed by atoms with E-state index >= 15 is 0 Å². The average Bonchev–Trinajstić information content (AvgIpc) is 3.34. The Balaban J connectivity index is 1.56. The molecule has 4 rings (SSSR count). The quantitative estimate of drug-likeness (QED) is 0.840. The van der Waals surface area contributed by atoms with Crippen LogP contribution < -0.4 is 5.32 Å². The van der Waals surface area contributed by atoms with E-state index in [0.29, 0.717) is 36.8 Å². The summed E-state index contributed by atoms with van der Waals surface area (Å²) in [6, 6.07) is 1.60. The summed E-state index contributed by atoms with van der Waals surface area (Å²) in [6.45, 7) is 6.79. The van der Waals surface area contributed by atoms with Crippen molar-refractivity contribution < 1.29 is 14.1 Å². The lowest BCUT2D eigenvalue weighted by atomic mass is 9.80. The van der Waals surface area contributed by atoms with Crippen molar-refractivity contribution in [3.8, 4) is 0 Å². The van der Waals surface area contributed by atoms with Crippen LogP contribution in [-0.4, -0.2) is 56.2 Å². The van der Waals surface area contributed by atoms with Crippen molar-refractivity contribution in [3.63, 3.8) is 0 Å². The standard InChI is InChI=1S/C19H24N6O3/c1-11(2)17(27)25-9-14-6-15(23-16(26)13-4-5-20-21-8-13)7-19(14,10-25)18-22-12(3)24-28-18/h4-5,8,11,14-15H,6-7,9-10H2,1-3H3,(H,23,26)/t14?,15-,19+/m1/s1. The number of fused-ring (bicyclic) bond motifs is 1. The van der Waals surface area contributed by atoms with Crippen LogP contribution in [0, 0.1) is 18.8 Å². The molecular weight excluding hydrogens is 360 g/mol. The molecule has 2 fully saturated rings. The highest BCUT2D eigenvalue weighted by Gasteiger charge is 2.58. The molecule has 0 aromatic carbocycles. The predicted octanol–water partition coefficient (Wildman–Crippen LogP) is 1.11. The number of aromatic nitrogens is 4. The predicted molar refractivity (Wildman–Crippen MR) is 98.1 cm³/mol. The fraction of sp³-hybridized carbons (Fsp3) is 0.579. The van der Waals surface area contributed by atoms with E-state index in [0.717, 1.165) is 6.42 Å². The summed E-state index contributed by atoms with van der Waals surface area (Å²) in [5, 5.41) is 14.5. The molecule has 1 unspecified atom stereocenters. The maximum Gasteiger partial charge on any atom is 0.253 e. The topological polar surface area (TPSA) is 114 Å². The molecule has 9 heteroatoms. The number of hydrogen-bond donors (Lipinski definition) is 1. The lowest BCUT2D eigenvalue weighted by Gasteiger charge is -2.26. The molecule has 0 radical (unpaired) electrons. The molecule has 3 atom stereocenters. The third-order valence-electron chi connectivity index (χ3n) is 5.82. The van der Waals surface area contributed by atoms with Gasteiger partial charge in [-0.15, -0.1) is 0 Å². The Morgan fingerprint density at radius 1 is 1.36 bits per heavy atom. The molecule has 3 heterocycles.